The third-order valence-corrected chi connectivity index (χ3v) is 3.35. The predicted octanol–water partition coefficient (Wildman–Crippen LogP) is 3.62. The number of hydrogen-bond acceptors (Lipinski definition) is 2. The van der Waals surface area contributed by atoms with Crippen LogP contribution in [0.15, 0.2) is 22.7 Å². The van der Waals surface area contributed by atoms with Crippen LogP contribution in [0.2, 0.25) is 5.02 Å². The molecule has 0 aromatic heterocycles. The van der Waals surface area contributed by atoms with Crippen LogP contribution in [0, 0.1) is 0 Å². The Morgan fingerprint density at radius 3 is 2.94 bits per heavy atom. The van der Waals surface area contributed by atoms with E-state index in [1.54, 1.807) is 0 Å². The van der Waals surface area contributed by atoms with E-state index in [4.69, 9.17) is 16.3 Å². The molecule has 0 heterocycles. The maximum Gasteiger partial charge on any atom is 0.134 e. The third-order valence-electron chi connectivity index (χ3n) is 2.49. The standard InChI is InChI=1S/C12H15BrClNO/c1-8(7-15-10-3-4-10)16-12-5-2-9(14)6-11(12)13/h2,5-6,8,10,15H,3-4,7H2,1H3. The Hall–Kier alpha value is -0.250. The molecule has 0 bridgehead atoms. The topological polar surface area (TPSA) is 21.3 Å². The van der Waals surface area contributed by atoms with Gasteiger partial charge in [0.05, 0.1) is 4.47 Å². The number of nitrogens with one attached hydrogen (secondary N) is 1. The number of rotatable bonds is 5. The van der Waals surface area contributed by atoms with Gasteiger partial charge < -0.3 is 10.1 Å². The zero-order valence-electron chi connectivity index (χ0n) is 9.17. The number of hydrogen-bond donors (Lipinski definition) is 1. The fourth-order valence-electron chi connectivity index (χ4n) is 1.45. The molecule has 1 aliphatic carbocycles. The Bertz CT molecular complexity index is 368. The SMILES string of the molecule is CC(CNC1CC1)Oc1ccc(Cl)cc1Br. The van der Waals surface area contributed by atoms with Gasteiger partial charge in [0.15, 0.2) is 0 Å². The lowest BCUT2D eigenvalue weighted by molar-refractivity contribution is 0.215. The summed E-state index contributed by atoms with van der Waals surface area (Å²) in [6.07, 6.45) is 2.77. The van der Waals surface area contributed by atoms with Crippen LogP contribution in [0.25, 0.3) is 0 Å². The van der Waals surface area contributed by atoms with Gasteiger partial charge >= 0.3 is 0 Å². The van der Waals surface area contributed by atoms with Crippen molar-refractivity contribution >= 4 is 27.5 Å². The Kier molecular flexibility index (Phi) is 4.11. The van der Waals surface area contributed by atoms with Gasteiger partial charge in [0.2, 0.25) is 0 Å². The van der Waals surface area contributed by atoms with Crippen LogP contribution in [-0.4, -0.2) is 18.7 Å². The Morgan fingerprint density at radius 2 is 2.31 bits per heavy atom. The van der Waals surface area contributed by atoms with Crippen molar-refractivity contribution in [1.29, 1.82) is 0 Å². The van der Waals surface area contributed by atoms with E-state index in [9.17, 15) is 0 Å². The second kappa shape index (κ2) is 5.39. The summed E-state index contributed by atoms with van der Waals surface area (Å²) in [4.78, 5) is 0. The predicted molar refractivity (Wildman–Crippen MR) is 70.3 cm³/mol. The highest BCUT2D eigenvalue weighted by atomic mass is 79.9. The molecule has 88 valence electrons. The molecule has 1 fully saturated rings. The first-order valence-corrected chi connectivity index (χ1v) is 6.67. The molecule has 2 nitrogen and oxygen atoms in total. The molecule has 0 radical (unpaired) electrons. The molecule has 4 heteroatoms. The summed E-state index contributed by atoms with van der Waals surface area (Å²) in [6, 6.07) is 6.29. The maximum absolute atomic E-state index is 5.87. The van der Waals surface area contributed by atoms with Crippen LogP contribution in [0.4, 0.5) is 0 Å². The molecule has 1 saturated carbocycles. The van der Waals surface area contributed by atoms with E-state index < -0.39 is 0 Å². The molecule has 1 aromatic rings. The molecule has 16 heavy (non-hydrogen) atoms. The molecule has 1 N–H and O–H groups in total. The summed E-state index contributed by atoms with van der Waals surface area (Å²) in [5.74, 6) is 0.842. The van der Waals surface area contributed by atoms with E-state index >= 15 is 0 Å². The van der Waals surface area contributed by atoms with Crippen LogP contribution in [0.1, 0.15) is 19.8 Å². The minimum atomic E-state index is 0.165. The molecule has 2 rings (SSSR count). The molecule has 0 amide bonds. The van der Waals surface area contributed by atoms with Crippen molar-refractivity contribution in [2.45, 2.75) is 31.9 Å². The van der Waals surface area contributed by atoms with Gasteiger partial charge in [-0.3, -0.25) is 0 Å². The number of ether oxygens (including phenoxy) is 1. The Balaban J connectivity index is 1.86. The van der Waals surface area contributed by atoms with Crippen molar-refractivity contribution in [1.82, 2.24) is 5.32 Å². The highest BCUT2D eigenvalue weighted by Crippen LogP contribution is 2.28. The Labute approximate surface area is 109 Å². The zero-order valence-corrected chi connectivity index (χ0v) is 11.5. The van der Waals surface area contributed by atoms with Gasteiger partial charge in [0.1, 0.15) is 11.9 Å². The fourth-order valence-corrected chi connectivity index (χ4v) is 2.23. The lowest BCUT2D eigenvalue weighted by Gasteiger charge is -2.16. The number of halogens is 2. The smallest absolute Gasteiger partial charge is 0.134 e. The van der Waals surface area contributed by atoms with E-state index in [-0.39, 0.29) is 6.10 Å². The molecule has 0 spiro atoms. The van der Waals surface area contributed by atoms with Gasteiger partial charge in [0.25, 0.3) is 0 Å². The summed E-state index contributed by atoms with van der Waals surface area (Å²) < 4.78 is 6.71. The number of benzene rings is 1. The van der Waals surface area contributed by atoms with Gasteiger partial charge in [0, 0.05) is 17.6 Å². The molecule has 0 aliphatic heterocycles. The fraction of sp³-hybridized carbons (Fsp3) is 0.500. The van der Waals surface area contributed by atoms with Crippen LogP contribution in [-0.2, 0) is 0 Å². The van der Waals surface area contributed by atoms with Gasteiger partial charge in [-0.1, -0.05) is 11.6 Å². The normalized spacial score (nSPS) is 17.2. The van der Waals surface area contributed by atoms with Crippen molar-refractivity contribution in [3.63, 3.8) is 0 Å². The molecule has 1 unspecified atom stereocenters. The molecule has 1 aliphatic rings. The van der Waals surface area contributed by atoms with E-state index in [1.165, 1.54) is 12.8 Å². The van der Waals surface area contributed by atoms with Crippen LogP contribution in [0.3, 0.4) is 0 Å². The summed E-state index contributed by atoms with van der Waals surface area (Å²) in [6.45, 7) is 2.95. The third kappa shape index (κ3) is 3.65. The van der Waals surface area contributed by atoms with Gasteiger partial charge in [-0.15, -0.1) is 0 Å². The molecule has 0 saturated heterocycles. The first kappa shape index (κ1) is 12.2. The first-order chi connectivity index (χ1) is 7.65. The minimum absolute atomic E-state index is 0.165. The largest absolute Gasteiger partial charge is 0.488 e. The average molecular weight is 305 g/mol. The second-order valence-corrected chi connectivity index (χ2v) is 5.48. The average Bonchev–Trinajstić information content (AvgIpc) is 3.03. The Morgan fingerprint density at radius 1 is 1.56 bits per heavy atom. The van der Waals surface area contributed by atoms with E-state index in [2.05, 4.69) is 28.2 Å². The summed E-state index contributed by atoms with van der Waals surface area (Å²) >= 11 is 9.30. The van der Waals surface area contributed by atoms with E-state index in [0.29, 0.717) is 5.02 Å². The molecular weight excluding hydrogens is 289 g/mol. The molecule has 1 atom stereocenters. The van der Waals surface area contributed by atoms with Crippen molar-refractivity contribution in [2.24, 2.45) is 0 Å². The van der Waals surface area contributed by atoms with Crippen molar-refractivity contribution in [3.8, 4) is 5.75 Å². The van der Waals surface area contributed by atoms with Crippen molar-refractivity contribution < 1.29 is 4.74 Å². The maximum atomic E-state index is 5.87. The minimum Gasteiger partial charge on any atom is -0.488 e. The highest BCUT2D eigenvalue weighted by molar-refractivity contribution is 9.10. The van der Waals surface area contributed by atoms with Crippen LogP contribution < -0.4 is 10.1 Å². The van der Waals surface area contributed by atoms with Crippen LogP contribution >= 0.6 is 27.5 Å². The van der Waals surface area contributed by atoms with Crippen molar-refractivity contribution in [3.05, 3.63) is 27.7 Å². The van der Waals surface area contributed by atoms with E-state index in [1.807, 2.05) is 18.2 Å². The lowest BCUT2D eigenvalue weighted by Crippen LogP contribution is -2.30. The van der Waals surface area contributed by atoms with Gasteiger partial charge in [-0.05, 0) is 53.9 Å². The highest BCUT2D eigenvalue weighted by Gasteiger charge is 2.21. The van der Waals surface area contributed by atoms with Crippen molar-refractivity contribution in [2.75, 3.05) is 6.54 Å². The molecular formula is C12H15BrClNO. The van der Waals surface area contributed by atoms with E-state index in [0.717, 1.165) is 22.8 Å². The van der Waals surface area contributed by atoms with Crippen LogP contribution in [0.5, 0.6) is 5.75 Å². The van der Waals surface area contributed by atoms with Gasteiger partial charge in [-0.25, -0.2) is 0 Å². The van der Waals surface area contributed by atoms with Gasteiger partial charge in [-0.2, -0.15) is 0 Å². The summed E-state index contributed by atoms with van der Waals surface area (Å²) in [5.41, 5.74) is 0. The monoisotopic (exact) mass is 303 g/mol. The zero-order chi connectivity index (χ0) is 11.5. The summed E-state index contributed by atoms with van der Waals surface area (Å²) in [7, 11) is 0. The second-order valence-electron chi connectivity index (χ2n) is 4.19. The first-order valence-electron chi connectivity index (χ1n) is 5.50. The lowest BCUT2D eigenvalue weighted by atomic mass is 10.3. The quantitative estimate of drug-likeness (QED) is 0.897. The molecule has 1 aromatic carbocycles. The summed E-state index contributed by atoms with van der Waals surface area (Å²) in [5, 5.41) is 4.15.